The molecule has 10 heteroatoms. The minimum atomic E-state index is -1.26. The third-order valence-electron chi connectivity index (χ3n) is 17.4. The van der Waals surface area contributed by atoms with Crippen LogP contribution in [0.15, 0.2) is 17.1 Å². The Balaban J connectivity index is 1.03. The van der Waals surface area contributed by atoms with E-state index in [1.165, 1.54) is 26.2 Å². The zero-order valence-corrected chi connectivity index (χ0v) is 32.6. The molecule has 8 rings (SSSR count). The van der Waals surface area contributed by atoms with E-state index in [1.807, 2.05) is 0 Å². The van der Waals surface area contributed by atoms with E-state index in [9.17, 15) is 15.0 Å². The van der Waals surface area contributed by atoms with E-state index >= 15 is 0 Å². The first-order valence-electron chi connectivity index (χ1n) is 19.9. The molecular formula is C41H64N2O8. The number of nitrogens with zero attached hydrogens (tertiary/aromatic N) is 2. The Kier molecular flexibility index (Phi) is 8.37. The fourth-order valence-corrected chi connectivity index (χ4v) is 14.6. The normalized spacial score (nSPS) is 49.5. The predicted molar refractivity (Wildman–Crippen MR) is 189 cm³/mol. The lowest BCUT2D eigenvalue weighted by atomic mass is 9.38. The van der Waals surface area contributed by atoms with Gasteiger partial charge < -0.3 is 33.6 Å². The number of ether oxygens (including phenoxy) is 4. The molecule has 51 heavy (non-hydrogen) atoms. The number of fused-ring (bicyclic) bond motifs is 4. The lowest BCUT2D eigenvalue weighted by Gasteiger charge is -2.67. The van der Waals surface area contributed by atoms with Crippen LogP contribution in [0.25, 0.3) is 0 Å². The van der Waals surface area contributed by atoms with Crippen molar-refractivity contribution in [3.05, 3.63) is 18.4 Å². The Morgan fingerprint density at radius 1 is 1.14 bits per heavy atom. The van der Waals surface area contributed by atoms with Gasteiger partial charge in [-0.2, -0.15) is 0 Å². The topological polar surface area (TPSA) is 124 Å². The number of aromatic nitrogens is 1. The Morgan fingerprint density at radius 3 is 2.59 bits per heavy atom. The van der Waals surface area contributed by atoms with Crippen molar-refractivity contribution >= 4 is 5.97 Å². The molecule has 2 N–H and O–H groups in total. The summed E-state index contributed by atoms with van der Waals surface area (Å²) in [5, 5.41) is 23.7. The number of oxazole rings is 1. The summed E-state index contributed by atoms with van der Waals surface area (Å²) in [7, 11) is 0. The number of aliphatic hydroxyl groups excluding tert-OH is 1. The monoisotopic (exact) mass is 712 g/mol. The number of morpholine rings is 1. The van der Waals surface area contributed by atoms with Gasteiger partial charge in [-0.1, -0.05) is 41.5 Å². The molecule has 0 aromatic carbocycles. The fraction of sp³-hybridized carbons (Fsp3) is 0.902. The first-order valence-corrected chi connectivity index (χ1v) is 19.9. The molecule has 5 aliphatic carbocycles. The Labute approximate surface area is 304 Å². The number of hydrogen-bond acceptors (Lipinski definition) is 10. The lowest BCUT2D eigenvalue weighted by Crippen LogP contribution is -2.63. The predicted octanol–water partition coefficient (Wildman–Crippen LogP) is 6.12. The molecule has 286 valence electrons. The Bertz CT molecular complexity index is 1490. The molecule has 2 aliphatic heterocycles. The van der Waals surface area contributed by atoms with Crippen LogP contribution in [0.2, 0.25) is 0 Å². The maximum absolute atomic E-state index is 12.7. The number of carbonyl (C=O) groups excluding carboxylic acids is 1. The van der Waals surface area contributed by atoms with Crippen LogP contribution in [0.3, 0.4) is 0 Å². The molecular weight excluding hydrogens is 648 g/mol. The minimum absolute atomic E-state index is 0.0466. The maximum atomic E-state index is 12.7. The van der Waals surface area contributed by atoms with Gasteiger partial charge in [-0.25, -0.2) is 4.98 Å². The van der Waals surface area contributed by atoms with Crippen LogP contribution >= 0.6 is 0 Å². The molecule has 7 aliphatic rings. The summed E-state index contributed by atoms with van der Waals surface area (Å²) in [6.45, 7) is 22.4. The molecule has 0 bridgehead atoms. The molecule has 2 spiro atoms. The summed E-state index contributed by atoms with van der Waals surface area (Å²) in [5.41, 5.74) is -0.218. The zero-order valence-electron chi connectivity index (χ0n) is 32.6. The molecule has 3 heterocycles. The highest BCUT2D eigenvalue weighted by molar-refractivity contribution is 5.66. The van der Waals surface area contributed by atoms with Gasteiger partial charge in [-0.15, -0.1) is 0 Å². The van der Waals surface area contributed by atoms with Gasteiger partial charge >= 0.3 is 5.97 Å². The van der Waals surface area contributed by atoms with Gasteiger partial charge in [0.15, 0.2) is 18.8 Å². The van der Waals surface area contributed by atoms with Gasteiger partial charge in [-0.3, -0.25) is 9.69 Å². The maximum Gasteiger partial charge on any atom is 0.303 e. The quantitative estimate of drug-likeness (QED) is 0.320. The average Bonchev–Trinajstić information content (AvgIpc) is 3.36. The van der Waals surface area contributed by atoms with Gasteiger partial charge in [0.2, 0.25) is 0 Å². The number of rotatable bonds is 7. The van der Waals surface area contributed by atoms with E-state index in [1.54, 1.807) is 20.1 Å². The summed E-state index contributed by atoms with van der Waals surface area (Å²) in [4.78, 5) is 18.8. The van der Waals surface area contributed by atoms with E-state index in [4.69, 9.17) is 23.4 Å². The van der Waals surface area contributed by atoms with E-state index in [0.717, 1.165) is 57.4 Å². The lowest BCUT2D eigenvalue weighted by molar-refractivity contribution is -0.269. The minimum Gasteiger partial charge on any atom is -0.457 e. The second-order valence-electron chi connectivity index (χ2n) is 19.9. The van der Waals surface area contributed by atoms with Crippen LogP contribution in [-0.2, 0) is 30.3 Å². The SMILES string of the molecule is CC(=O)OC(C1CC(C)C2C(O1)C(O)C1(C)C3CCC4(C)C(C)(C)C(OC5CN(Cc6cocn6)CCO5)CCC45CC35CCC21C)C(C)(C)O. The summed E-state index contributed by atoms with van der Waals surface area (Å²) < 4.78 is 31.0. The number of esters is 1. The van der Waals surface area contributed by atoms with Crippen molar-refractivity contribution in [2.75, 3.05) is 19.7 Å². The molecule has 14 atom stereocenters. The standard InChI is InChI=1S/C41H64N2O8/c1-24-18-27(34(36(5,6)46)49-25(2)44)50-32-31(24)37(7)14-15-40-22-41(40)13-11-29(51-30-20-43(16-17-48-30)19-26-21-47-23-42-26)35(3,4)38(41,8)12-10-28(40)39(37,9)33(32)45/h21,23-24,27-34,45-46H,10-20,22H2,1-9H3. The average molecular weight is 713 g/mol. The Hall–Kier alpha value is -1.56. The van der Waals surface area contributed by atoms with Crippen molar-refractivity contribution in [1.29, 1.82) is 0 Å². The van der Waals surface area contributed by atoms with Crippen molar-refractivity contribution in [1.82, 2.24) is 9.88 Å². The van der Waals surface area contributed by atoms with Crippen molar-refractivity contribution < 1.29 is 38.4 Å². The zero-order chi connectivity index (χ0) is 36.6. The summed E-state index contributed by atoms with van der Waals surface area (Å²) in [6.07, 6.45) is 9.43. The molecule has 5 saturated carbocycles. The highest BCUT2D eigenvalue weighted by Gasteiger charge is 2.87. The van der Waals surface area contributed by atoms with E-state index in [2.05, 4.69) is 51.4 Å². The van der Waals surface area contributed by atoms with Crippen molar-refractivity contribution in [3.63, 3.8) is 0 Å². The fourth-order valence-electron chi connectivity index (χ4n) is 14.6. The van der Waals surface area contributed by atoms with Gasteiger partial charge in [-0.05, 0) is 110 Å². The largest absolute Gasteiger partial charge is 0.457 e. The number of hydrogen-bond donors (Lipinski definition) is 2. The first-order chi connectivity index (χ1) is 23.8. The van der Waals surface area contributed by atoms with Crippen molar-refractivity contribution in [3.8, 4) is 0 Å². The first kappa shape index (κ1) is 36.4. The molecule has 0 radical (unpaired) electrons. The molecule has 7 fully saturated rings. The second-order valence-corrected chi connectivity index (χ2v) is 19.9. The van der Waals surface area contributed by atoms with Crippen LogP contribution in [0.5, 0.6) is 0 Å². The van der Waals surface area contributed by atoms with Gasteiger partial charge in [0.25, 0.3) is 0 Å². The molecule has 1 aromatic heterocycles. The summed E-state index contributed by atoms with van der Waals surface area (Å²) in [5.74, 6) is 0.441. The van der Waals surface area contributed by atoms with E-state index < -0.39 is 29.9 Å². The molecule has 0 amide bonds. The van der Waals surface area contributed by atoms with Crippen molar-refractivity contribution in [2.45, 2.75) is 163 Å². The molecule has 10 nitrogen and oxygen atoms in total. The highest BCUT2D eigenvalue weighted by atomic mass is 16.7. The van der Waals surface area contributed by atoms with Gasteiger partial charge in [0.1, 0.15) is 6.26 Å². The smallest absolute Gasteiger partial charge is 0.303 e. The van der Waals surface area contributed by atoms with Crippen LogP contribution in [0.4, 0.5) is 0 Å². The van der Waals surface area contributed by atoms with Gasteiger partial charge in [0.05, 0.1) is 48.9 Å². The van der Waals surface area contributed by atoms with E-state index in [-0.39, 0.29) is 62.8 Å². The van der Waals surface area contributed by atoms with E-state index in [0.29, 0.717) is 18.9 Å². The van der Waals surface area contributed by atoms with Crippen LogP contribution in [0.1, 0.15) is 119 Å². The number of carbonyl (C=O) groups is 1. The molecule has 1 aromatic rings. The highest BCUT2D eigenvalue weighted by Crippen LogP contribution is 2.92. The molecule has 14 unspecified atom stereocenters. The second kappa shape index (κ2) is 11.7. The molecule has 2 saturated heterocycles. The Morgan fingerprint density at radius 2 is 1.90 bits per heavy atom. The summed E-state index contributed by atoms with van der Waals surface area (Å²) in [6, 6.07) is 0. The van der Waals surface area contributed by atoms with Gasteiger partial charge in [0, 0.05) is 25.4 Å². The number of aliphatic hydroxyl groups is 2. The third-order valence-corrected chi connectivity index (χ3v) is 17.4. The van der Waals surface area contributed by atoms with Crippen molar-refractivity contribution in [2.24, 2.45) is 50.2 Å². The van der Waals surface area contributed by atoms with Crippen LogP contribution in [0, 0.1) is 50.2 Å². The van der Waals surface area contributed by atoms with Crippen LogP contribution in [-0.4, -0.2) is 88.2 Å². The summed E-state index contributed by atoms with van der Waals surface area (Å²) >= 11 is 0. The van der Waals surface area contributed by atoms with Crippen LogP contribution < -0.4 is 0 Å². The third kappa shape index (κ3) is 4.87.